The highest BCUT2D eigenvalue weighted by molar-refractivity contribution is 7.99. The van der Waals surface area contributed by atoms with E-state index in [4.69, 9.17) is 4.74 Å². The normalized spacial score (nSPS) is 15.4. The number of aromatic nitrogens is 3. The van der Waals surface area contributed by atoms with Crippen molar-refractivity contribution in [3.63, 3.8) is 0 Å². The van der Waals surface area contributed by atoms with Gasteiger partial charge in [0.15, 0.2) is 11.0 Å². The SMILES string of the molecule is COc1ccc(-c2nnc(SCC(=O)NC3CCCCCC3)n2C(C)C)cc1. The van der Waals surface area contributed by atoms with Crippen molar-refractivity contribution in [3.8, 4) is 17.1 Å². The second kappa shape index (κ2) is 9.96. The molecule has 0 radical (unpaired) electrons. The fourth-order valence-electron chi connectivity index (χ4n) is 3.60. The summed E-state index contributed by atoms with van der Waals surface area (Å²) in [4.78, 5) is 12.4. The quantitative estimate of drug-likeness (QED) is 0.547. The van der Waals surface area contributed by atoms with Crippen LogP contribution in [0.3, 0.4) is 0 Å². The summed E-state index contributed by atoms with van der Waals surface area (Å²) in [7, 11) is 1.65. The van der Waals surface area contributed by atoms with Crippen molar-refractivity contribution >= 4 is 17.7 Å². The predicted molar refractivity (Wildman–Crippen MR) is 113 cm³/mol. The molecule has 0 unspecified atom stereocenters. The number of ether oxygens (including phenoxy) is 1. The first kappa shape index (κ1) is 20.7. The lowest BCUT2D eigenvalue weighted by molar-refractivity contribution is -0.119. The highest BCUT2D eigenvalue weighted by atomic mass is 32.2. The van der Waals surface area contributed by atoms with Crippen molar-refractivity contribution < 1.29 is 9.53 Å². The first-order valence-corrected chi connectivity index (χ1v) is 11.1. The van der Waals surface area contributed by atoms with Crippen LogP contribution in [-0.4, -0.2) is 39.6 Å². The van der Waals surface area contributed by atoms with Gasteiger partial charge in [0.25, 0.3) is 0 Å². The molecule has 1 aliphatic rings. The van der Waals surface area contributed by atoms with Gasteiger partial charge in [-0.2, -0.15) is 0 Å². The molecule has 0 atom stereocenters. The van der Waals surface area contributed by atoms with Crippen molar-refractivity contribution in [1.29, 1.82) is 0 Å². The van der Waals surface area contributed by atoms with Crippen LogP contribution in [-0.2, 0) is 4.79 Å². The summed E-state index contributed by atoms with van der Waals surface area (Å²) in [6.07, 6.45) is 7.19. The number of nitrogens with one attached hydrogen (secondary N) is 1. The molecular formula is C21H30N4O2S. The van der Waals surface area contributed by atoms with E-state index in [1.54, 1.807) is 7.11 Å². The average Bonchev–Trinajstić information content (AvgIpc) is 2.96. The van der Waals surface area contributed by atoms with Crippen LogP contribution in [0.25, 0.3) is 11.4 Å². The number of methoxy groups -OCH3 is 1. The van der Waals surface area contributed by atoms with Crippen molar-refractivity contribution in [2.45, 2.75) is 69.6 Å². The summed E-state index contributed by atoms with van der Waals surface area (Å²) in [6, 6.07) is 8.32. The summed E-state index contributed by atoms with van der Waals surface area (Å²) in [5.41, 5.74) is 0.983. The predicted octanol–water partition coefficient (Wildman–Crippen LogP) is 4.47. The number of nitrogens with zero attached hydrogens (tertiary/aromatic N) is 3. The maximum absolute atomic E-state index is 12.4. The number of hydrogen-bond acceptors (Lipinski definition) is 5. The molecule has 1 heterocycles. The van der Waals surface area contributed by atoms with Crippen LogP contribution < -0.4 is 10.1 Å². The minimum atomic E-state index is 0.0844. The standard InChI is InChI=1S/C21H30N4O2S/c1-15(2)25-20(16-10-12-18(27-3)13-11-16)23-24-21(25)28-14-19(26)22-17-8-6-4-5-7-9-17/h10-13,15,17H,4-9,14H2,1-3H3,(H,22,26). The minimum Gasteiger partial charge on any atom is -0.497 e. The van der Waals surface area contributed by atoms with E-state index in [2.05, 4.69) is 33.9 Å². The third-order valence-electron chi connectivity index (χ3n) is 5.08. The van der Waals surface area contributed by atoms with Crippen molar-refractivity contribution in [1.82, 2.24) is 20.1 Å². The second-order valence-corrected chi connectivity index (χ2v) is 8.49. The van der Waals surface area contributed by atoms with Gasteiger partial charge in [-0.3, -0.25) is 9.36 Å². The van der Waals surface area contributed by atoms with Gasteiger partial charge in [-0.15, -0.1) is 10.2 Å². The van der Waals surface area contributed by atoms with E-state index < -0.39 is 0 Å². The number of rotatable bonds is 7. The Morgan fingerprint density at radius 1 is 1.18 bits per heavy atom. The Hall–Kier alpha value is -2.02. The Labute approximate surface area is 171 Å². The highest BCUT2D eigenvalue weighted by Crippen LogP contribution is 2.28. The van der Waals surface area contributed by atoms with E-state index in [0.29, 0.717) is 11.8 Å². The molecule has 3 rings (SSSR count). The molecule has 0 bridgehead atoms. The molecule has 6 nitrogen and oxygen atoms in total. The number of amides is 1. The number of carbonyl (C=O) groups is 1. The second-order valence-electron chi connectivity index (χ2n) is 7.54. The molecule has 0 saturated heterocycles. The Kier molecular flexibility index (Phi) is 7.36. The van der Waals surface area contributed by atoms with Gasteiger partial charge < -0.3 is 10.1 Å². The van der Waals surface area contributed by atoms with Crippen molar-refractivity contribution in [3.05, 3.63) is 24.3 Å². The Morgan fingerprint density at radius 2 is 1.86 bits per heavy atom. The zero-order valence-corrected chi connectivity index (χ0v) is 17.8. The number of benzene rings is 1. The van der Waals surface area contributed by atoms with Gasteiger partial charge in [0.05, 0.1) is 12.9 Å². The number of thioether (sulfide) groups is 1. The highest BCUT2D eigenvalue weighted by Gasteiger charge is 2.19. The van der Waals surface area contributed by atoms with Crippen LogP contribution in [0.2, 0.25) is 0 Å². The van der Waals surface area contributed by atoms with Gasteiger partial charge in [-0.25, -0.2) is 0 Å². The van der Waals surface area contributed by atoms with Gasteiger partial charge in [0.1, 0.15) is 5.75 Å². The molecule has 2 aromatic rings. The Balaban J connectivity index is 1.66. The molecule has 0 spiro atoms. The van der Waals surface area contributed by atoms with E-state index in [1.807, 2.05) is 24.3 Å². The first-order chi connectivity index (χ1) is 13.6. The fourth-order valence-corrected chi connectivity index (χ4v) is 4.48. The smallest absolute Gasteiger partial charge is 0.230 e. The summed E-state index contributed by atoms with van der Waals surface area (Å²) < 4.78 is 7.32. The molecule has 1 amide bonds. The zero-order chi connectivity index (χ0) is 19.9. The van der Waals surface area contributed by atoms with Crippen LogP contribution in [0.1, 0.15) is 58.4 Å². The van der Waals surface area contributed by atoms with E-state index in [0.717, 1.165) is 35.1 Å². The molecule has 1 N–H and O–H groups in total. The van der Waals surface area contributed by atoms with Gasteiger partial charge >= 0.3 is 0 Å². The molecule has 152 valence electrons. The lowest BCUT2D eigenvalue weighted by atomic mass is 10.1. The van der Waals surface area contributed by atoms with Crippen LogP contribution >= 0.6 is 11.8 Å². The molecule has 7 heteroatoms. The zero-order valence-electron chi connectivity index (χ0n) is 17.0. The fraction of sp³-hybridized carbons (Fsp3) is 0.571. The molecule has 1 aliphatic carbocycles. The molecule has 1 fully saturated rings. The molecule has 1 saturated carbocycles. The summed E-state index contributed by atoms with van der Waals surface area (Å²) in [5, 5.41) is 12.7. The van der Waals surface area contributed by atoms with Crippen LogP contribution in [0, 0.1) is 0 Å². The third-order valence-corrected chi connectivity index (χ3v) is 6.02. The van der Waals surface area contributed by atoms with Crippen LogP contribution in [0.4, 0.5) is 0 Å². The topological polar surface area (TPSA) is 69.0 Å². The lowest BCUT2D eigenvalue weighted by Crippen LogP contribution is -2.35. The summed E-state index contributed by atoms with van der Waals surface area (Å²) in [5.74, 6) is 2.07. The Morgan fingerprint density at radius 3 is 2.46 bits per heavy atom. The van der Waals surface area contributed by atoms with E-state index in [9.17, 15) is 4.79 Å². The molecule has 28 heavy (non-hydrogen) atoms. The largest absolute Gasteiger partial charge is 0.497 e. The number of hydrogen-bond donors (Lipinski definition) is 1. The first-order valence-electron chi connectivity index (χ1n) is 10.1. The summed E-state index contributed by atoms with van der Waals surface area (Å²) >= 11 is 1.45. The maximum Gasteiger partial charge on any atom is 0.230 e. The molecule has 1 aromatic carbocycles. The van der Waals surface area contributed by atoms with Crippen molar-refractivity contribution in [2.24, 2.45) is 0 Å². The third kappa shape index (κ3) is 5.28. The van der Waals surface area contributed by atoms with E-state index in [-0.39, 0.29) is 11.9 Å². The van der Waals surface area contributed by atoms with E-state index in [1.165, 1.54) is 37.4 Å². The minimum absolute atomic E-state index is 0.0844. The Bertz CT molecular complexity index is 765. The van der Waals surface area contributed by atoms with Crippen molar-refractivity contribution in [2.75, 3.05) is 12.9 Å². The van der Waals surface area contributed by atoms with Gasteiger partial charge in [0, 0.05) is 17.6 Å². The molecule has 1 aromatic heterocycles. The number of carbonyl (C=O) groups excluding carboxylic acids is 1. The van der Waals surface area contributed by atoms with E-state index >= 15 is 0 Å². The van der Waals surface area contributed by atoms with Gasteiger partial charge in [-0.05, 0) is 51.0 Å². The monoisotopic (exact) mass is 402 g/mol. The maximum atomic E-state index is 12.4. The lowest BCUT2D eigenvalue weighted by Gasteiger charge is -2.17. The van der Waals surface area contributed by atoms with Crippen LogP contribution in [0.15, 0.2) is 29.4 Å². The van der Waals surface area contributed by atoms with Gasteiger partial charge in [0.2, 0.25) is 5.91 Å². The molecular weight excluding hydrogens is 372 g/mol. The summed E-state index contributed by atoms with van der Waals surface area (Å²) in [6.45, 7) is 4.21. The average molecular weight is 403 g/mol. The molecule has 0 aliphatic heterocycles. The van der Waals surface area contributed by atoms with Gasteiger partial charge in [-0.1, -0.05) is 37.4 Å². The van der Waals surface area contributed by atoms with Crippen LogP contribution in [0.5, 0.6) is 5.75 Å².